The first-order chi connectivity index (χ1) is 7.27. The zero-order valence-corrected chi connectivity index (χ0v) is 8.78. The van der Waals surface area contributed by atoms with Crippen LogP contribution in [0.15, 0.2) is 18.2 Å². The van der Waals surface area contributed by atoms with Gasteiger partial charge in [0.05, 0.1) is 6.61 Å². The van der Waals surface area contributed by atoms with Gasteiger partial charge in [-0.05, 0) is 30.9 Å². The van der Waals surface area contributed by atoms with Gasteiger partial charge in [0.25, 0.3) is 0 Å². The van der Waals surface area contributed by atoms with Crippen molar-refractivity contribution < 1.29 is 9.84 Å². The number of aromatic hydroxyl groups is 1. The Morgan fingerprint density at radius 3 is 2.80 bits per heavy atom. The number of benzene rings is 1. The molecule has 1 saturated carbocycles. The van der Waals surface area contributed by atoms with Gasteiger partial charge in [-0.25, -0.2) is 0 Å². The van der Waals surface area contributed by atoms with Crippen molar-refractivity contribution in [3.05, 3.63) is 18.2 Å². The number of phenols is 1. The molecule has 2 rings (SSSR count). The monoisotopic (exact) mass is 207 g/mol. The number of hydrogen-bond donors (Lipinski definition) is 2. The zero-order valence-electron chi connectivity index (χ0n) is 8.78. The van der Waals surface area contributed by atoms with E-state index in [1.807, 2.05) is 0 Å². The molecular formula is C12H17NO2. The number of para-hydroxylation sites is 1. The van der Waals surface area contributed by atoms with E-state index in [9.17, 15) is 5.11 Å². The number of nitrogen functional groups attached to an aromatic ring is 1. The van der Waals surface area contributed by atoms with E-state index in [4.69, 9.17) is 10.5 Å². The third-order valence-corrected chi connectivity index (χ3v) is 2.99. The minimum absolute atomic E-state index is 0.0962. The molecule has 1 aliphatic carbocycles. The average Bonchev–Trinajstić information content (AvgIpc) is 2.73. The predicted octanol–water partition coefficient (Wildman–Crippen LogP) is 2.54. The Labute approximate surface area is 89.9 Å². The lowest BCUT2D eigenvalue weighted by molar-refractivity contribution is 0.252. The fourth-order valence-corrected chi connectivity index (χ4v) is 2.04. The van der Waals surface area contributed by atoms with Gasteiger partial charge in [0.1, 0.15) is 17.2 Å². The van der Waals surface area contributed by atoms with Crippen molar-refractivity contribution in [1.29, 1.82) is 0 Å². The molecule has 0 radical (unpaired) electrons. The molecule has 1 aromatic rings. The molecule has 3 N–H and O–H groups in total. The molecule has 0 heterocycles. The highest BCUT2D eigenvalue weighted by Gasteiger charge is 2.16. The summed E-state index contributed by atoms with van der Waals surface area (Å²) in [5.74, 6) is 1.35. The molecule has 1 aromatic carbocycles. The molecule has 3 heteroatoms. The van der Waals surface area contributed by atoms with Gasteiger partial charge >= 0.3 is 0 Å². The number of phenolic OH excluding ortho intramolecular Hbond substituents is 1. The molecule has 15 heavy (non-hydrogen) atoms. The van der Waals surface area contributed by atoms with Crippen molar-refractivity contribution >= 4 is 5.69 Å². The molecular weight excluding hydrogens is 190 g/mol. The van der Waals surface area contributed by atoms with Crippen molar-refractivity contribution in [2.75, 3.05) is 12.3 Å². The molecule has 3 nitrogen and oxygen atoms in total. The average molecular weight is 207 g/mol. The van der Waals surface area contributed by atoms with Gasteiger partial charge in [-0.2, -0.15) is 0 Å². The van der Waals surface area contributed by atoms with Crippen LogP contribution in [0.1, 0.15) is 25.7 Å². The van der Waals surface area contributed by atoms with Gasteiger partial charge < -0.3 is 15.6 Å². The minimum atomic E-state index is 0.0962. The first-order valence-electron chi connectivity index (χ1n) is 5.47. The summed E-state index contributed by atoms with van der Waals surface area (Å²) < 4.78 is 5.62. The van der Waals surface area contributed by atoms with Crippen LogP contribution in [0.4, 0.5) is 5.69 Å². The molecule has 0 amide bonds. The number of ether oxygens (including phenoxy) is 1. The largest absolute Gasteiger partial charge is 0.506 e. The van der Waals surface area contributed by atoms with E-state index < -0.39 is 0 Å². The van der Waals surface area contributed by atoms with E-state index in [1.165, 1.54) is 25.7 Å². The van der Waals surface area contributed by atoms with Crippen molar-refractivity contribution in [1.82, 2.24) is 0 Å². The number of anilines is 1. The molecule has 1 fully saturated rings. The maximum absolute atomic E-state index is 9.39. The Bertz CT molecular complexity index is 332. The summed E-state index contributed by atoms with van der Waals surface area (Å²) in [7, 11) is 0. The molecule has 82 valence electrons. The number of nitrogens with two attached hydrogens (primary N) is 1. The Balaban J connectivity index is 1.95. The normalized spacial score (nSPS) is 16.8. The van der Waals surface area contributed by atoms with Crippen LogP contribution < -0.4 is 10.5 Å². The lowest BCUT2D eigenvalue weighted by Gasteiger charge is -2.13. The van der Waals surface area contributed by atoms with E-state index in [0.29, 0.717) is 24.0 Å². The quantitative estimate of drug-likeness (QED) is 0.591. The van der Waals surface area contributed by atoms with Gasteiger partial charge in [-0.1, -0.05) is 18.9 Å². The molecule has 0 saturated heterocycles. The van der Waals surface area contributed by atoms with E-state index >= 15 is 0 Å². The molecule has 0 unspecified atom stereocenters. The summed E-state index contributed by atoms with van der Waals surface area (Å²) >= 11 is 0. The Morgan fingerprint density at radius 1 is 1.33 bits per heavy atom. The van der Waals surface area contributed by atoms with Crippen LogP contribution in [0.2, 0.25) is 0 Å². The van der Waals surface area contributed by atoms with E-state index in [1.54, 1.807) is 18.2 Å². The molecule has 0 aliphatic heterocycles. The van der Waals surface area contributed by atoms with Crippen molar-refractivity contribution in [2.45, 2.75) is 25.7 Å². The smallest absolute Gasteiger partial charge is 0.146 e. The second-order valence-corrected chi connectivity index (χ2v) is 4.15. The summed E-state index contributed by atoms with van der Waals surface area (Å²) in [6.45, 7) is 0.716. The van der Waals surface area contributed by atoms with Crippen LogP contribution in [-0.4, -0.2) is 11.7 Å². The molecule has 0 bridgehead atoms. The lowest BCUT2D eigenvalue weighted by Crippen LogP contribution is -2.09. The summed E-state index contributed by atoms with van der Waals surface area (Å²) in [4.78, 5) is 0. The summed E-state index contributed by atoms with van der Waals surface area (Å²) in [5.41, 5.74) is 6.04. The topological polar surface area (TPSA) is 55.5 Å². The fraction of sp³-hybridized carbons (Fsp3) is 0.500. The highest BCUT2D eigenvalue weighted by molar-refractivity contribution is 5.61. The first-order valence-corrected chi connectivity index (χ1v) is 5.47. The standard InChI is InChI=1S/C12H17NO2/c13-12-10(14)6-3-7-11(12)15-8-9-4-1-2-5-9/h3,6-7,9,14H,1-2,4-5,8,13H2. The third kappa shape index (κ3) is 2.35. The second-order valence-electron chi connectivity index (χ2n) is 4.15. The maximum atomic E-state index is 9.39. The van der Waals surface area contributed by atoms with Crippen LogP contribution in [0.25, 0.3) is 0 Å². The van der Waals surface area contributed by atoms with Crippen LogP contribution >= 0.6 is 0 Å². The van der Waals surface area contributed by atoms with E-state index in [2.05, 4.69) is 0 Å². The zero-order chi connectivity index (χ0) is 10.7. The predicted molar refractivity (Wildman–Crippen MR) is 60.0 cm³/mol. The number of rotatable bonds is 3. The van der Waals surface area contributed by atoms with Crippen LogP contribution in [-0.2, 0) is 0 Å². The summed E-state index contributed by atoms with van der Waals surface area (Å²) in [5, 5.41) is 9.39. The van der Waals surface area contributed by atoms with Crippen LogP contribution in [0.5, 0.6) is 11.5 Å². The first kappa shape index (κ1) is 10.1. The van der Waals surface area contributed by atoms with Gasteiger partial charge in [0, 0.05) is 0 Å². The minimum Gasteiger partial charge on any atom is -0.506 e. The molecule has 1 aliphatic rings. The van der Waals surface area contributed by atoms with Crippen LogP contribution in [0.3, 0.4) is 0 Å². The van der Waals surface area contributed by atoms with Gasteiger partial charge in [0.15, 0.2) is 0 Å². The van der Waals surface area contributed by atoms with Crippen molar-refractivity contribution in [2.24, 2.45) is 5.92 Å². The van der Waals surface area contributed by atoms with E-state index in [0.717, 1.165) is 0 Å². The highest BCUT2D eigenvalue weighted by Crippen LogP contribution is 2.32. The Hall–Kier alpha value is -1.38. The van der Waals surface area contributed by atoms with Gasteiger partial charge in [0.2, 0.25) is 0 Å². The molecule has 0 aromatic heterocycles. The van der Waals surface area contributed by atoms with Crippen LogP contribution in [0, 0.1) is 5.92 Å². The fourth-order valence-electron chi connectivity index (χ4n) is 2.04. The Morgan fingerprint density at radius 2 is 2.07 bits per heavy atom. The highest BCUT2D eigenvalue weighted by atomic mass is 16.5. The third-order valence-electron chi connectivity index (χ3n) is 2.99. The molecule has 0 atom stereocenters. The second kappa shape index (κ2) is 4.43. The van der Waals surface area contributed by atoms with Crippen molar-refractivity contribution in [3.8, 4) is 11.5 Å². The summed E-state index contributed by atoms with van der Waals surface area (Å²) in [6.07, 6.45) is 5.12. The Kier molecular flexibility index (Phi) is 2.99. The lowest BCUT2D eigenvalue weighted by atomic mass is 10.1. The summed E-state index contributed by atoms with van der Waals surface area (Å²) in [6, 6.07) is 5.11. The maximum Gasteiger partial charge on any atom is 0.146 e. The SMILES string of the molecule is Nc1c(O)cccc1OCC1CCCC1. The van der Waals surface area contributed by atoms with Gasteiger partial charge in [-0.15, -0.1) is 0 Å². The van der Waals surface area contributed by atoms with Crippen molar-refractivity contribution in [3.63, 3.8) is 0 Å². The van der Waals surface area contributed by atoms with E-state index in [-0.39, 0.29) is 5.75 Å². The molecule has 0 spiro atoms. The van der Waals surface area contributed by atoms with Gasteiger partial charge in [-0.3, -0.25) is 0 Å². The number of hydrogen-bond acceptors (Lipinski definition) is 3.